The van der Waals surface area contributed by atoms with Gasteiger partial charge in [0.15, 0.2) is 0 Å². The Hall–Kier alpha value is -1.52. The Labute approximate surface area is 184 Å². The van der Waals surface area contributed by atoms with E-state index in [0.29, 0.717) is 44.2 Å². The Morgan fingerprint density at radius 1 is 1.20 bits per heavy atom. The molecule has 1 saturated carbocycles. The van der Waals surface area contributed by atoms with E-state index in [2.05, 4.69) is 10.3 Å². The van der Waals surface area contributed by atoms with Crippen LogP contribution >= 0.6 is 11.6 Å². The van der Waals surface area contributed by atoms with Crippen molar-refractivity contribution >= 4 is 34.6 Å². The van der Waals surface area contributed by atoms with Crippen LogP contribution in [0.2, 0.25) is 5.02 Å². The fourth-order valence-corrected chi connectivity index (χ4v) is 5.06. The molecular formula is C20H26ClFN4O3S. The molecule has 2 fully saturated rings. The molecule has 1 atom stereocenters. The molecule has 3 aliphatic rings. The molecule has 0 unspecified atom stereocenters. The Bertz CT molecular complexity index is 806. The van der Waals surface area contributed by atoms with Crippen molar-refractivity contribution in [2.24, 2.45) is 0 Å². The summed E-state index contributed by atoms with van der Waals surface area (Å²) in [5.41, 5.74) is 4.22. The maximum absolute atomic E-state index is 13.9. The summed E-state index contributed by atoms with van der Waals surface area (Å²) in [5.74, 6) is -0.553. The van der Waals surface area contributed by atoms with E-state index >= 15 is 0 Å². The van der Waals surface area contributed by atoms with Crippen molar-refractivity contribution in [2.75, 3.05) is 44.0 Å². The summed E-state index contributed by atoms with van der Waals surface area (Å²) < 4.78 is 33.8. The molecule has 30 heavy (non-hydrogen) atoms. The molecular weight excluding hydrogens is 431 g/mol. The molecule has 2 heterocycles. The van der Waals surface area contributed by atoms with Crippen LogP contribution in [0.5, 0.6) is 0 Å². The molecule has 7 nitrogen and oxygen atoms in total. The van der Waals surface area contributed by atoms with E-state index in [-0.39, 0.29) is 17.0 Å². The first-order chi connectivity index (χ1) is 14.4. The van der Waals surface area contributed by atoms with Crippen LogP contribution in [0.3, 0.4) is 0 Å². The van der Waals surface area contributed by atoms with Gasteiger partial charge in [0, 0.05) is 29.5 Å². The minimum absolute atomic E-state index is 0.0134. The summed E-state index contributed by atoms with van der Waals surface area (Å²) in [6.07, 6.45) is 5.71. The zero-order valence-corrected chi connectivity index (χ0v) is 18.5. The molecule has 0 bridgehead atoms. The van der Waals surface area contributed by atoms with Gasteiger partial charge in [0.1, 0.15) is 12.1 Å². The number of piperazine rings is 1. The van der Waals surface area contributed by atoms with E-state index in [1.807, 2.05) is 4.31 Å². The Balaban J connectivity index is 1.60. The second-order valence-electron chi connectivity index (χ2n) is 7.74. The van der Waals surface area contributed by atoms with E-state index in [1.165, 1.54) is 17.1 Å². The Morgan fingerprint density at radius 2 is 1.90 bits per heavy atom. The highest BCUT2D eigenvalue weighted by Crippen LogP contribution is 2.30. The molecule has 1 aromatic rings. The van der Waals surface area contributed by atoms with Crippen LogP contribution in [0.25, 0.3) is 0 Å². The molecule has 164 valence electrons. The zero-order chi connectivity index (χ0) is 21.3. The first-order valence-corrected chi connectivity index (χ1v) is 12.1. The van der Waals surface area contributed by atoms with Crippen LogP contribution < -0.4 is 10.4 Å². The highest BCUT2D eigenvalue weighted by Gasteiger charge is 2.36. The van der Waals surface area contributed by atoms with Gasteiger partial charge in [-0.2, -0.15) is 0 Å². The van der Waals surface area contributed by atoms with Gasteiger partial charge < -0.3 is 14.2 Å². The molecule has 2 aliphatic heterocycles. The molecule has 1 N–H and O–H groups in total. The highest BCUT2D eigenvalue weighted by molar-refractivity contribution is 7.88. The molecule has 10 heteroatoms. The minimum Gasteiger partial charge on any atom is -0.598 e. The van der Waals surface area contributed by atoms with Gasteiger partial charge in [-0.3, -0.25) is 4.79 Å². The first-order valence-electron chi connectivity index (χ1n) is 10.2. The average molecular weight is 457 g/mol. The van der Waals surface area contributed by atoms with Crippen molar-refractivity contribution in [1.29, 1.82) is 0 Å². The van der Waals surface area contributed by atoms with Gasteiger partial charge in [-0.1, -0.05) is 11.6 Å². The lowest BCUT2D eigenvalue weighted by atomic mass is 10.2. The number of benzene rings is 1. The van der Waals surface area contributed by atoms with Gasteiger partial charge in [-0.15, -0.1) is 4.31 Å². The van der Waals surface area contributed by atoms with Crippen LogP contribution in [-0.2, 0) is 20.9 Å². The van der Waals surface area contributed by atoms with Gasteiger partial charge in [-0.25, -0.2) is 14.8 Å². The van der Waals surface area contributed by atoms with Crippen LogP contribution in [0.4, 0.5) is 10.1 Å². The van der Waals surface area contributed by atoms with Crippen molar-refractivity contribution in [3.63, 3.8) is 0 Å². The third-order valence-electron chi connectivity index (χ3n) is 5.74. The van der Waals surface area contributed by atoms with Crippen molar-refractivity contribution in [3.05, 3.63) is 40.5 Å². The molecule has 1 amide bonds. The number of carbonyl (C=O) groups excluding carboxylic acids is 1. The van der Waals surface area contributed by atoms with Gasteiger partial charge in [-0.05, 0) is 43.9 Å². The summed E-state index contributed by atoms with van der Waals surface area (Å²) in [4.78, 5) is 15.5. The average Bonchev–Trinajstić information content (AvgIpc) is 3.22. The number of ether oxygens (including phenoxy) is 1. The monoisotopic (exact) mass is 456 g/mol. The van der Waals surface area contributed by atoms with Crippen LogP contribution in [-0.4, -0.2) is 64.7 Å². The van der Waals surface area contributed by atoms with E-state index in [1.54, 1.807) is 12.3 Å². The molecule has 1 aromatic carbocycles. The van der Waals surface area contributed by atoms with Crippen molar-refractivity contribution in [1.82, 2.24) is 14.6 Å². The number of rotatable bonds is 5. The van der Waals surface area contributed by atoms with E-state index in [0.717, 1.165) is 31.4 Å². The van der Waals surface area contributed by atoms with Crippen molar-refractivity contribution in [3.8, 4) is 0 Å². The summed E-state index contributed by atoms with van der Waals surface area (Å²) >= 11 is 4.99. The molecule has 1 aliphatic carbocycles. The van der Waals surface area contributed by atoms with Gasteiger partial charge >= 0.3 is 5.91 Å². The second kappa shape index (κ2) is 9.32. The lowest BCUT2D eigenvalue weighted by Crippen LogP contribution is -2.55. The number of hydrazine groups is 1. The number of amides is 1. The Morgan fingerprint density at radius 3 is 2.53 bits per heavy atom. The number of nitrogens with zero attached hydrogens (tertiary/aromatic N) is 3. The quantitative estimate of drug-likeness (QED) is 0.686. The van der Waals surface area contributed by atoms with E-state index < -0.39 is 17.2 Å². The van der Waals surface area contributed by atoms with Crippen molar-refractivity contribution in [2.45, 2.75) is 31.8 Å². The third kappa shape index (κ3) is 4.70. The first kappa shape index (κ1) is 21.7. The molecule has 0 aromatic heterocycles. The lowest BCUT2D eigenvalue weighted by Gasteiger charge is -2.40. The summed E-state index contributed by atoms with van der Waals surface area (Å²) in [5, 5.41) is 1.52. The second-order valence-corrected chi connectivity index (χ2v) is 9.54. The summed E-state index contributed by atoms with van der Waals surface area (Å²) in [6, 6.07) is 4.02. The van der Waals surface area contributed by atoms with Crippen LogP contribution in [0.1, 0.15) is 25.7 Å². The SMILES string of the molecule is C[S@@+]([O-])N1CCN(C2=C(OC3CCCC3)C(=O)N(c3cc(F)cc(Cl)c3)NC2)CC1. The lowest BCUT2D eigenvalue weighted by molar-refractivity contribution is -0.121. The largest absolute Gasteiger partial charge is 0.598 e. The van der Waals surface area contributed by atoms with Gasteiger partial charge in [0.05, 0.1) is 37.1 Å². The number of hydrogen-bond acceptors (Lipinski definition) is 6. The predicted octanol–water partition coefficient (Wildman–Crippen LogP) is 2.41. The number of nitrogens with one attached hydrogen (secondary N) is 1. The Kier molecular flexibility index (Phi) is 6.74. The molecule has 0 spiro atoms. The predicted molar refractivity (Wildman–Crippen MR) is 114 cm³/mol. The molecule has 4 rings (SSSR count). The molecule has 1 saturated heterocycles. The smallest absolute Gasteiger partial charge is 0.309 e. The standard InChI is InChI=1S/C20H26ClFN4O3S/c1-30(28)25-8-6-24(7-9-25)18-13-23-26(16-11-14(21)10-15(22)12-16)20(27)19(18)29-17-4-2-3-5-17/h10-12,17,23H,2-9,13H2,1H3/t30-/m1/s1. The topological polar surface area (TPSA) is 71.1 Å². The maximum Gasteiger partial charge on any atom is 0.309 e. The van der Waals surface area contributed by atoms with Gasteiger partial charge in [0.2, 0.25) is 5.76 Å². The maximum atomic E-state index is 13.9. The van der Waals surface area contributed by atoms with E-state index in [4.69, 9.17) is 16.3 Å². The minimum atomic E-state index is -1.01. The van der Waals surface area contributed by atoms with Gasteiger partial charge in [0.25, 0.3) is 0 Å². The normalized spacial score (nSPS) is 22.7. The third-order valence-corrected chi connectivity index (χ3v) is 7.05. The molecule has 0 radical (unpaired) electrons. The van der Waals surface area contributed by atoms with Crippen molar-refractivity contribution < 1.29 is 18.5 Å². The number of hydrogen-bond donors (Lipinski definition) is 1. The fraction of sp³-hybridized carbons (Fsp3) is 0.550. The number of halogens is 2. The summed E-state index contributed by atoms with van der Waals surface area (Å²) in [7, 11) is 0. The number of carbonyl (C=O) groups is 1. The van der Waals surface area contributed by atoms with Crippen LogP contribution in [0, 0.1) is 5.82 Å². The number of anilines is 1. The van der Waals surface area contributed by atoms with E-state index in [9.17, 15) is 13.7 Å². The summed E-state index contributed by atoms with van der Waals surface area (Å²) in [6.45, 7) is 3.00. The highest BCUT2D eigenvalue weighted by atomic mass is 35.5. The fourth-order valence-electron chi connectivity index (χ4n) is 4.17. The zero-order valence-electron chi connectivity index (χ0n) is 16.9. The van der Waals surface area contributed by atoms with Crippen LogP contribution in [0.15, 0.2) is 29.7 Å².